The van der Waals surface area contributed by atoms with Crippen molar-refractivity contribution in [1.29, 1.82) is 0 Å². The fourth-order valence-electron chi connectivity index (χ4n) is 1.50. The number of hydrogen-bond donors (Lipinski definition) is 2. The van der Waals surface area contributed by atoms with Gasteiger partial charge in [-0.05, 0) is 30.7 Å². The Labute approximate surface area is 93.7 Å². The third kappa shape index (κ3) is 2.13. The molecule has 1 heterocycles. The van der Waals surface area contributed by atoms with E-state index in [0.29, 0.717) is 6.54 Å². The molecule has 0 amide bonds. The molecular formula is C11H14N4O. The second kappa shape index (κ2) is 4.22. The molecule has 1 aromatic carbocycles. The summed E-state index contributed by atoms with van der Waals surface area (Å²) in [5.41, 5.74) is 3.02. The number of rotatable bonds is 3. The molecule has 0 aliphatic heterocycles. The van der Waals surface area contributed by atoms with Crippen LogP contribution in [0.3, 0.4) is 0 Å². The normalized spacial score (nSPS) is 10.4. The minimum Gasteiger partial charge on any atom is -0.508 e. The quantitative estimate of drug-likeness (QED) is 0.765. The van der Waals surface area contributed by atoms with Crippen molar-refractivity contribution in [3.05, 3.63) is 35.7 Å². The minimum absolute atomic E-state index is 0.283. The second-order valence-corrected chi connectivity index (χ2v) is 3.70. The first-order chi connectivity index (χ1) is 7.66. The van der Waals surface area contributed by atoms with Gasteiger partial charge in [0.25, 0.3) is 0 Å². The smallest absolute Gasteiger partial charge is 0.115 e. The summed E-state index contributed by atoms with van der Waals surface area (Å²) in [4.78, 5) is 0. The molecule has 0 spiro atoms. The number of hydrogen-bond acceptors (Lipinski definition) is 4. The fraction of sp³-hybridized carbons (Fsp3) is 0.273. The molecular weight excluding hydrogens is 204 g/mol. The summed E-state index contributed by atoms with van der Waals surface area (Å²) in [6, 6.07) is 5.25. The number of phenols is 1. The molecule has 0 atom stereocenters. The van der Waals surface area contributed by atoms with Gasteiger partial charge in [-0.15, -0.1) is 5.10 Å². The number of nitrogens with one attached hydrogen (secondary N) is 1. The van der Waals surface area contributed by atoms with E-state index in [2.05, 4.69) is 15.6 Å². The largest absolute Gasteiger partial charge is 0.508 e. The van der Waals surface area contributed by atoms with E-state index in [-0.39, 0.29) is 5.75 Å². The van der Waals surface area contributed by atoms with Crippen LogP contribution >= 0.6 is 0 Å². The lowest BCUT2D eigenvalue weighted by molar-refractivity contribution is 0.475. The van der Waals surface area contributed by atoms with Gasteiger partial charge in [-0.1, -0.05) is 5.21 Å². The molecule has 16 heavy (non-hydrogen) atoms. The Hall–Kier alpha value is -2.04. The standard InChI is InChI=1S/C11H14N4O/c1-8-5-10(16)3-4-11(8)12-6-9-7-13-14-15(9)2/h3-5,7,12,16H,6H2,1-2H3. The predicted octanol–water partition coefficient (Wildman–Crippen LogP) is 1.44. The summed E-state index contributed by atoms with van der Waals surface area (Å²) < 4.78 is 1.72. The highest BCUT2D eigenvalue weighted by Gasteiger charge is 2.02. The molecule has 0 aliphatic carbocycles. The van der Waals surface area contributed by atoms with Gasteiger partial charge in [0.2, 0.25) is 0 Å². The van der Waals surface area contributed by atoms with Gasteiger partial charge in [-0.3, -0.25) is 4.68 Å². The average molecular weight is 218 g/mol. The van der Waals surface area contributed by atoms with Crippen molar-refractivity contribution >= 4 is 5.69 Å². The Bertz CT molecular complexity index is 492. The molecule has 2 aromatic rings. The molecule has 0 aliphatic rings. The van der Waals surface area contributed by atoms with Crippen molar-refractivity contribution in [2.24, 2.45) is 7.05 Å². The summed E-state index contributed by atoms with van der Waals surface area (Å²) in [6.07, 6.45) is 1.72. The van der Waals surface area contributed by atoms with Crippen LogP contribution in [-0.4, -0.2) is 20.1 Å². The lowest BCUT2D eigenvalue weighted by Crippen LogP contribution is -2.06. The molecule has 5 heteroatoms. The summed E-state index contributed by atoms with van der Waals surface area (Å²) in [5, 5.41) is 20.2. The van der Waals surface area contributed by atoms with Crippen LogP contribution in [0.4, 0.5) is 5.69 Å². The zero-order valence-corrected chi connectivity index (χ0v) is 9.31. The van der Waals surface area contributed by atoms with Crippen molar-refractivity contribution < 1.29 is 5.11 Å². The average Bonchev–Trinajstić information content (AvgIpc) is 2.63. The van der Waals surface area contributed by atoms with E-state index in [1.165, 1.54) is 0 Å². The Morgan fingerprint density at radius 3 is 2.88 bits per heavy atom. The van der Waals surface area contributed by atoms with Gasteiger partial charge in [-0.25, -0.2) is 0 Å². The van der Waals surface area contributed by atoms with Gasteiger partial charge in [-0.2, -0.15) is 0 Å². The van der Waals surface area contributed by atoms with Crippen molar-refractivity contribution in [3.63, 3.8) is 0 Å². The monoisotopic (exact) mass is 218 g/mol. The number of nitrogens with zero attached hydrogens (tertiary/aromatic N) is 3. The number of phenolic OH excluding ortho intramolecular Hbond substituents is 1. The van der Waals surface area contributed by atoms with E-state index < -0.39 is 0 Å². The zero-order chi connectivity index (χ0) is 11.5. The maximum atomic E-state index is 9.28. The fourth-order valence-corrected chi connectivity index (χ4v) is 1.50. The first kappa shape index (κ1) is 10.5. The molecule has 0 saturated carbocycles. The third-order valence-corrected chi connectivity index (χ3v) is 2.48. The highest BCUT2D eigenvalue weighted by atomic mass is 16.3. The van der Waals surface area contributed by atoms with Crippen molar-refractivity contribution in [3.8, 4) is 5.75 Å². The first-order valence-electron chi connectivity index (χ1n) is 5.04. The third-order valence-electron chi connectivity index (χ3n) is 2.48. The molecule has 2 rings (SSSR count). The molecule has 2 N–H and O–H groups in total. The summed E-state index contributed by atoms with van der Waals surface area (Å²) in [6.45, 7) is 2.61. The predicted molar refractivity (Wildman–Crippen MR) is 61.2 cm³/mol. The van der Waals surface area contributed by atoms with Gasteiger partial charge in [0, 0.05) is 12.7 Å². The van der Waals surface area contributed by atoms with Crippen molar-refractivity contribution in [2.75, 3.05) is 5.32 Å². The molecule has 1 aromatic heterocycles. The second-order valence-electron chi connectivity index (χ2n) is 3.70. The van der Waals surface area contributed by atoms with E-state index >= 15 is 0 Å². The number of benzene rings is 1. The number of aromatic hydroxyl groups is 1. The minimum atomic E-state index is 0.283. The van der Waals surface area contributed by atoms with Gasteiger partial charge in [0.15, 0.2) is 0 Å². The lowest BCUT2D eigenvalue weighted by atomic mass is 10.2. The van der Waals surface area contributed by atoms with E-state index in [4.69, 9.17) is 0 Å². The van der Waals surface area contributed by atoms with Crippen molar-refractivity contribution in [2.45, 2.75) is 13.5 Å². The van der Waals surface area contributed by atoms with Gasteiger partial charge < -0.3 is 10.4 Å². The highest BCUT2D eigenvalue weighted by Crippen LogP contribution is 2.20. The van der Waals surface area contributed by atoms with Crippen LogP contribution in [0.2, 0.25) is 0 Å². The van der Waals surface area contributed by atoms with Gasteiger partial charge in [0.1, 0.15) is 5.75 Å². The van der Waals surface area contributed by atoms with E-state index in [1.54, 1.807) is 23.0 Å². The number of aryl methyl sites for hydroxylation is 2. The van der Waals surface area contributed by atoms with E-state index in [9.17, 15) is 5.11 Å². The SMILES string of the molecule is Cc1cc(O)ccc1NCc1cnnn1C. The summed E-state index contributed by atoms with van der Waals surface area (Å²) in [7, 11) is 1.85. The van der Waals surface area contributed by atoms with Crippen LogP contribution in [-0.2, 0) is 13.6 Å². The molecule has 5 nitrogen and oxygen atoms in total. The van der Waals surface area contributed by atoms with Gasteiger partial charge in [0.05, 0.1) is 18.4 Å². The summed E-state index contributed by atoms with van der Waals surface area (Å²) in [5.74, 6) is 0.283. The van der Waals surface area contributed by atoms with Crippen LogP contribution in [0.1, 0.15) is 11.3 Å². The number of anilines is 1. The molecule has 84 valence electrons. The lowest BCUT2D eigenvalue weighted by Gasteiger charge is -2.09. The first-order valence-corrected chi connectivity index (χ1v) is 5.04. The molecule has 0 unspecified atom stereocenters. The van der Waals surface area contributed by atoms with E-state index in [0.717, 1.165) is 16.9 Å². The number of aromatic nitrogens is 3. The van der Waals surface area contributed by atoms with Crippen LogP contribution in [0, 0.1) is 6.92 Å². The Kier molecular flexibility index (Phi) is 2.76. The van der Waals surface area contributed by atoms with Crippen LogP contribution in [0.15, 0.2) is 24.4 Å². The Balaban J connectivity index is 2.08. The Morgan fingerprint density at radius 2 is 2.25 bits per heavy atom. The highest BCUT2D eigenvalue weighted by molar-refractivity contribution is 5.53. The summed E-state index contributed by atoms with van der Waals surface area (Å²) >= 11 is 0. The van der Waals surface area contributed by atoms with Gasteiger partial charge >= 0.3 is 0 Å². The van der Waals surface area contributed by atoms with Crippen LogP contribution < -0.4 is 5.32 Å². The molecule has 0 radical (unpaired) electrons. The van der Waals surface area contributed by atoms with Crippen LogP contribution in [0.25, 0.3) is 0 Å². The van der Waals surface area contributed by atoms with E-state index in [1.807, 2.05) is 20.0 Å². The molecule has 0 bridgehead atoms. The topological polar surface area (TPSA) is 63.0 Å². The maximum Gasteiger partial charge on any atom is 0.115 e. The maximum absolute atomic E-state index is 9.28. The van der Waals surface area contributed by atoms with Crippen LogP contribution in [0.5, 0.6) is 5.75 Å². The van der Waals surface area contributed by atoms with Crippen molar-refractivity contribution in [1.82, 2.24) is 15.0 Å². The Morgan fingerprint density at radius 1 is 1.44 bits per heavy atom. The molecule has 0 saturated heterocycles. The zero-order valence-electron chi connectivity index (χ0n) is 9.31. The molecule has 0 fully saturated rings.